The molecule has 2 aromatic carbocycles. The minimum absolute atomic E-state index is 0.0389. The second-order valence-electron chi connectivity index (χ2n) is 6.24. The number of carbonyl (C=O) groups is 2. The quantitative estimate of drug-likeness (QED) is 0.323. The highest BCUT2D eigenvalue weighted by atomic mass is 16.6. The second-order valence-corrected chi connectivity index (χ2v) is 6.24. The van der Waals surface area contributed by atoms with Gasteiger partial charge in [-0.3, -0.25) is 14.9 Å². The van der Waals surface area contributed by atoms with Gasteiger partial charge < -0.3 is 20.9 Å². The number of primary amides is 1. The Hall–Kier alpha value is -3.99. The molecule has 0 radical (unpaired) electrons. The van der Waals surface area contributed by atoms with Gasteiger partial charge in [-0.25, -0.2) is 10.2 Å². The molecule has 0 saturated carbocycles. The molecule has 150 valence electrons. The number of urea groups is 1. The van der Waals surface area contributed by atoms with Crippen LogP contribution >= 0.6 is 0 Å². The monoisotopic (exact) mass is 399 g/mol. The zero-order valence-electron chi connectivity index (χ0n) is 15.2. The minimum atomic E-state index is -2.14. The molecule has 3 rings (SSSR count). The van der Waals surface area contributed by atoms with Crippen molar-refractivity contribution in [1.82, 2.24) is 5.43 Å². The van der Waals surface area contributed by atoms with Crippen molar-refractivity contribution < 1.29 is 24.4 Å². The van der Waals surface area contributed by atoms with Crippen molar-refractivity contribution in [2.75, 3.05) is 12.4 Å². The highest BCUT2D eigenvalue weighted by Gasteiger charge is 2.47. The average molecular weight is 399 g/mol. The number of hydrogen-bond donors (Lipinski definition) is 4. The number of benzene rings is 2. The molecular formula is C18H17N5O6. The van der Waals surface area contributed by atoms with E-state index in [0.717, 1.165) is 6.07 Å². The number of methoxy groups -OCH3 is 1. The average Bonchev–Trinajstić information content (AvgIpc) is 2.95. The van der Waals surface area contributed by atoms with Crippen molar-refractivity contribution in [1.29, 1.82) is 0 Å². The van der Waals surface area contributed by atoms with Gasteiger partial charge in [0.25, 0.3) is 11.6 Å². The molecule has 0 bridgehead atoms. The molecule has 0 saturated heterocycles. The van der Waals surface area contributed by atoms with Crippen molar-refractivity contribution in [3.05, 3.63) is 63.7 Å². The third kappa shape index (κ3) is 3.84. The number of non-ortho nitro benzene ring substituents is 1. The van der Waals surface area contributed by atoms with Gasteiger partial charge in [-0.2, -0.15) is 5.10 Å². The van der Waals surface area contributed by atoms with Gasteiger partial charge in [0.15, 0.2) is 5.60 Å². The number of rotatable bonds is 6. The summed E-state index contributed by atoms with van der Waals surface area (Å²) in [5.41, 5.74) is 5.61. The van der Waals surface area contributed by atoms with E-state index in [1.165, 1.54) is 19.2 Å². The van der Waals surface area contributed by atoms with Gasteiger partial charge in [0.2, 0.25) is 0 Å². The first-order valence-electron chi connectivity index (χ1n) is 8.34. The third-order valence-corrected chi connectivity index (χ3v) is 4.43. The fourth-order valence-electron chi connectivity index (χ4n) is 2.97. The van der Waals surface area contributed by atoms with E-state index in [4.69, 9.17) is 10.5 Å². The van der Waals surface area contributed by atoms with E-state index in [2.05, 4.69) is 15.8 Å². The van der Waals surface area contributed by atoms with Gasteiger partial charge in [0, 0.05) is 29.8 Å². The topological polar surface area (TPSA) is 169 Å². The van der Waals surface area contributed by atoms with Crippen LogP contribution < -0.4 is 21.2 Å². The zero-order valence-corrected chi connectivity index (χ0v) is 15.2. The summed E-state index contributed by atoms with van der Waals surface area (Å²) in [7, 11) is 1.49. The molecule has 1 heterocycles. The molecule has 11 nitrogen and oxygen atoms in total. The minimum Gasteiger partial charge on any atom is -0.497 e. The standard InChI is InChI=1S/C18H17N5O6/c1-29-12-5-2-10(3-6-12)15(21-22-17(19)25)9-18(26)13-8-11(23(27)28)4-7-14(13)20-16(18)24/h2-8,26H,9H2,1H3,(H,20,24)(H3,19,22,25)/b21-15+/t18-/m1/s1. The van der Waals surface area contributed by atoms with Crippen LogP contribution in [-0.4, -0.2) is 34.8 Å². The number of amides is 3. The van der Waals surface area contributed by atoms with Crippen LogP contribution in [-0.2, 0) is 10.4 Å². The third-order valence-electron chi connectivity index (χ3n) is 4.43. The maximum absolute atomic E-state index is 12.5. The number of hydrazone groups is 1. The van der Waals surface area contributed by atoms with Gasteiger partial charge in [-0.1, -0.05) is 0 Å². The Kier molecular flexibility index (Phi) is 5.15. The van der Waals surface area contributed by atoms with Crippen LogP contribution in [0.25, 0.3) is 0 Å². The number of hydrogen-bond acceptors (Lipinski definition) is 7. The molecule has 29 heavy (non-hydrogen) atoms. The first-order valence-corrected chi connectivity index (χ1v) is 8.34. The Bertz CT molecular complexity index is 1020. The summed E-state index contributed by atoms with van der Waals surface area (Å²) in [6.07, 6.45) is -0.375. The fraction of sp³-hybridized carbons (Fsp3) is 0.167. The molecule has 0 spiro atoms. The van der Waals surface area contributed by atoms with Crippen molar-refractivity contribution in [3.8, 4) is 5.75 Å². The second kappa shape index (κ2) is 7.56. The number of nitro groups is 1. The van der Waals surface area contributed by atoms with E-state index in [-0.39, 0.29) is 29.1 Å². The number of fused-ring (bicyclic) bond motifs is 1. The smallest absolute Gasteiger partial charge is 0.332 e. The maximum Gasteiger partial charge on any atom is 0.332 e. The van der Waals surface area contributed by atoms with Crippen LogP contribution in [0.4, 0.5) is 16.2 Å². The van der Waals surface area contributed by atoms with Crippen molar-refractivity contribution in [2.45, 2.75) is 12.0 Å². The number of nitrogens with zero attached hydrogens (tertiary/aromatic N) is 2. The van der Waals surface area contributed by atoms with Gasteiger partial charge in [-0.15, -0.1) is 0 Å². The van der Waals surface area contributed by atoms with E-state index in [9.17, 15) is 24.8 Å². The summed E-state index contributed by atoms with van der Waals surface area (Å²) in [5.74, 6) is -0.206. The molecule has 11 heteroatoms. The predicted molar refractivity (Wildman–Crippen MR) is 102 cm³/mol. The Labute approximate surface area is 164 Å². The van der Waals surface area contributed by atoms with Crippen molar-refractivity contribution in [3.63, 3.8) is 0 Å². The molecule has 1 atom stereocenters. The Morgan fingerprint density at radius 3 is 2.62 bits per heavy atom. The summed E-state index contributed by atoms with van der Waals surface area (Å²) in [4.78, 5) is 34.1. The van der Waals surface area contributed by atoms with Gasteiger partial charge in [-0.05, 0) is 35.9 Å². The molecule has 0 unspecified atom stereocenters. The van der Waals surface area contributed by atoms with E-state index < -0.39 is 22.5 Å². The van der Waals surface area contributed by atoms with Crippen molar-refractivity contribution >= 4 is 29.0 Å². The summed E-state index contributed by atoms with van der Waals surface area (Å²) in [5, 5.41) is 28.6. The first kappa shape index (κ1) is 19.8. The summed E-state index contributed by atoms with van der Waals surface area (Å²) in [6.45, 7) is 0. The van der Waals surface area contributed by atoms with E-state index >= 15 is 0 Å². The predicted octanol–water partition coefficient (Wildman–Crippen LogP) is 1.21. The molecular weight excluding hydrogens is 382 g/mol. The number of nitrogens with two attached hydrogens (primary N) is 1. The van der Waals surface area contributed by atoms with Gasteiger partial charge >= 0.3 is 6.03 Å². The van der Waals surface area contributed by atoms with Crippen LogP contribution in [0.2, 0.25) is 0 Å². The Morgan fingerprint density at radius 1 is 1.34 bits per heavy atom. The molecule has 5 N–H and O–H groups in total. The summed E-state index contributed by atoms with van der Waals surface area (Å²) in [6, 6.07) is 9.25. The molecule has 2 aromatic rings. The number of anilines is 1. The Balaban J connectivity index is 2.03. The molecule has 1 aliphatic heterocycles. The number of nitrogens with one attached hydrogen (secondary N) is 2. The lowest BCUT2D eigenvalue weighted by Crippen LogP contribution is -2.37. The molecule has 0 aliphatic carbocycles. The van der Waals surface area contributed by atoms with Crippen LogP contribution in [0.15, 0.2) is 47.6 Å². The largest absolute Gasteiger partial charge is 0.497 e. The maximum atomic E-state index is 12.5. The number of nitro benzene ring substituents is 1. The molecule has 0 aromatic heterocycles. The van der Waals surface area contributed by atoms with Crippen LogP contribution in [0.1, 0.15) is 17.5 Å². The van der Waals surface area contributed by atoms with E-state index in [1.807, 2.05) is 0 Å². The van der Waals surface area contributed by atoms with E-state index in [0.29, 0.717) is 11.3 Å². The molecule has 1 aliphatic rings. The highest BCUT2D eigenvalue weighted by Crippen LogP contribution is 2.41. The fourth-order valence-corrected chi connectivity index (χ4v) is 2.97. The SMILES string of the molecule is COc1ccc(/C(C[C@]2(O)C(=O)Nc3ccc([N+](=O)[O-])cc32)=N/NC(N)=O)cc1. The lowest BCUT2D eigenvalue weighted by atomic mass is 9.87. The van der Waals surface area contributed by atoms with Crippen molar-refractivity contribution in [2.24, 2.45) is 10.8 Å². The lowest BCUT2D eigenvalue weighted by molar-refractivity contribution is -0.385. The van der Waals surface area contributed by atoms with E-state index in [1.54, 1.807) is 24.3 Å². The molecule has 0 fully saturated rings. The lowest BCUT2D eigenvalue weighted by Gasteiger charge is -2.22. The van der Waals surface area contributed by atoms with Gasteiger partial charge in [0.05, 0.1) is 17.7 Å². The molecule has 3 amide bonds. The normalized spacial score (nSPS) is 18.0. The summed E-state index contributed by atoms with van der Waals surface area (Å²) >= 11 is 0. The Morgan fingerprint density at radius 2 is 2.03 bits per heavy atom. The van der Waals surface area contributed by atoms with Crippen LogP contribution in [0, 0.1) is 10.1 Å². The highest BCUT2D eigenvalue weighted by molar-refractivity contribution is 6.11. The van der Waals surface area contributed by atoms with Crippen LogP contribution in [0.3, 0.4) is 0 Å². The number of aliphatic hydroxyl groups is 1. The van der Waals surface area contributed by atoms with Gasteiger partial charge in [0.1, 0.15) is 5.75 Å². The number of carbonyl (C=O) groups excluding carboxylic acids is 2. The summed E-state index contributed by atoms with van der Waals surface area (Å²) < 4.78 is 5.09. The van der Waals surface area contributed by atoms with Crippen LogP contribution in [0.5, 0.6) is 5.75 Å². The number of ether oxygens (including phenoxy) is 1. The zero-order chi connectivity index (χ0) is 21.2. The first-order chi connectivity index (χ1) is 13.7.